The summed E-state index contributed by atoms with van der Waals surface area (Å²) < 4.78 is 2.58. The molecule has 0 amide bonds. The number of aryl methyl sites for hydroxylation is 2. The highest BCUT2D eigenvalue weighted by atomic mass is 32.2. The van der Waals surface area contributed by atoms with E-state index in [1.54, 1.807) is 0 Å². The summed E-state index contributed by atoms with van der Waals surface area (Å²) in [4.78, 5) is 4.23. The second-order valence-corrected chi connectivity index (χ2v) is 9.95. The maximum atomic E-state index is 4.23. The van der Waals surface area contributed by atoms with E-state index >= 15 is 0 Å². The molecule has 24 heavy (non-hydrogen) atoms. The molecule has 1 aliphatic heterocycles. The lowest BCUT2D eigenvalue weighted by atomic mass is 10.1. The second kappa shape index (κ2) is 8.48. The first-order valence-electron chi connectivity index (χ1n) is 8.98. The summed E-state index contributed by atoms with van der Waals surface area (Å²) in [6.45, 7) is 5.56. The molecule has 0 saturated carbocycles. The Kier molecular flexibility index (Phi) is 6.34. The zero-order valence-electron chi connectivity index (χ0n) is 14.8. The Morgan fingerprint density at radius 1 is 1.21 bits per heavy atom. The van der Waals surface area contributed by atoms with Crippen LogP contribution >= 0.6 is 23.5 Å². The van der Waals surface area contributed by atoms with Crippen LogP contribution in [0.5, 0.6) is 0 Å². The van der Waals surface area contributed by atoms with Gasteiger partial charge in [-0.05, 0) is 49.2 Å². The summed E-state index contributed by atoms with van der Waals surface area (Å²) in [5.74, 6) is 3.50. The Hall–Kier alpha value is -0.870. The number of thioether (sulfide) groups is 2. The molecule has 2 nitrogen and oxygen atoms in total. The Balaban J connectivity index is 1.60. The molecule has 130 valence electrons. The maximum Gasteiger partial charge on any atom is 0.0946 e. The summed E-state index contributed by atoms with van der Waals surface area (Å²) in [6, 6.07) is 9.03. The normalized spacial score (nSPS) is 24.2. The fourth-order valence-electron chi connectivity index (χ4n) is 3.15. The van der Waals surface area contributed by atoms with E-state index in [-0.39, 0.29) is 0 Å². The van der Waals surface area contributed by atoms with Crippen molar-refractivity contribution >= 4 is 23.5 Å². The van der Waals surface area contributed by atoms with E-state index < -0.39 is 0 Å². The highest BCUT2D eigenvalue weighted by Gasteiger charge is 2.36. The molecule has 0 spiro atoms. The fourth-order valence-corrected chi connectivity index (χ4v) is 6.89. The summed E-state index contributed by atoms with van der Waals surface area (Å²) in [7, 11) is 0. The van der Waals surface area contributed by atoms with Gasteiger partial charge in [-0.2, -0.15) is 0 Å². The van der Waals surface area contributed by atoms with Gasteiger partial charge in [0.1, 0.15) is 0 Å². The molecule has 0 bridgehead atoms. The van der Waals surface area contributed by atoms with Gasteiger partial charge >= 0.3 is 0 Å². The average molecular weight is 361 g/mol. The predicted molar refractivity (Wildman–Crippen MR) is 108 cm³/mol. The first kappa shape index (κ1) is 17.9. The molecule has 1 fully saturated rings. The van der Waals surface area contributed by atoms with Crippen LogP contribution < -0.4 is 0 Å². The van der Waals surface area contributed by atoms with Gasteiger partial charge in [0.15, 0.2) is 0 Å². The number of aromatic nitrogens is 2. The van der Waals surface area contributed by atoms with Gasteiger partial charge in [0.05, 0.1) is 10.4 Å². The second-order valence-electron chi connectivity index (χ2n) is 6.88. The lowest BCUT2D eigenvalue weighted by molar-refractivity contribution is 0.550. The number of hydrogen-bond acceptors (Lipinski definition) is 3. The predicted octanol–water partition coefficient (Wildman–Crippen LogP) is 5.42. The van der Waals surface area contributed by atoms with Crippen molar-refractivity contribution in [1.82, 2.24) is 9.55 Å². The zero-order valence-corrected chi connectivity index (χ0v) is 16.4. The Labute approximate surface area is 154 Å². The van der Waals surface area contributed by atoms with Crippen LogP contribution in [0, 0.1) is 12.8 Å². The summed E-state index contributed by atoms with van der Waals surface area (Å²) in [6.07, 6.45) is 11.0. The number of imidazole rings is 1. The van der Waals surface area contributed by atoms with Gasteiger partial charge in [0.25, 0.3) is 0 Å². The molecular weight excluding hydrogens is 332 g/mol. The maximum absolute atomic E-state index is 4.23. The number of hydrogen-bond donors (Lipinski definition) is 0. The fraction of sp³-hybridized carbons (Fsp3) is 0.550. The number of nitrogens with zero attached hydrogens (tertiary/aromatic N) is 2. The minimum absolute atomic E-state index is 0.317. The van der Waals surface area contributed by atoms with Gasteiger partial charge in [-0.1, -0.05) is 43.2 Å². The molecule has 0 unspecified atom stereocenters. The molecule has 1 aromatic heterocycles. The van der Waals surface area contributed by atoms with Crippen LogP contribution in [0.4, 0.5) is 0 Å². The monoisotopic (exact) mass is 360 g/mol. The molecule has 1 aromatic carbocycles. The molecule has 1 aliphatic rings. The lowest BCUT2D eigenvalue weighted by Crippen LogP contribution is -2.33. The van der Waals surface area contributed by atoms with Crippen LogP contribution in [0.3, 0.4) is 0 Å². The molecular formula is C20H28N2S2. The van der Waals surface area contributed by atoms with Crippen molar-refractivity contribution in [3.63, 3.8) is 0 Å². The summed E-state index contributed by atoms with van der Waals surface area (Å²) >= 11 is 4.39. The number of rotatable bonds is 7. The molecule has 0 atom stereocenters. The van der Waals surface area contributed by atoms with Gasteiger partial charge in [-0.15, -0.1) is 23.5 Å². The first-order chi connectivity index (χ1) is 11.7. The van der Waals surface area contributed by atoms with Crippen molar-refractivity contribution in [3.05, 3.63) is 54.1 Å². The summed E-state index contributed by atoms with van der Waals surface area (Å²) in [5.41, 5.74) is 2.81. The highest BCUT2D eigenvalue weighted by molar-refractivity contribution is 8.18. The van der Waals surface area contributed by atoms with E-state index in [1.807, 2.05) is 12.5 Å². The molecule has 0 aliphatic carbocycles. The van der Waals surface area contributed by atoms with Crippen molar-refractivity contribution in [3.8, 4) is 0 Å². The summed E-state index contributed by atoms with van der Waals surface area (Å²) in [5, 5.41) is 0. The van der Waals surface area contributed by atoms with Crippen LogP contribution in [-0.4, -0.2) is 25.1 Å². The van der Waals surface area contributed by atoms with Crippen molar-refractivity contribution in [2.24, 2.45) is 5.92 Å². The van der Waals surface area contributed by atoms with Crippen LogP contribution in [0.25, 0.3) is 0 Å². The SMILES string of the molecule is CCC1CSC(CCCc2ccc(C)cc2)(Cn2ccnc2)SC1. The minimum Gasteiger partial charge on any atom is -0.335 e. The first-order valence-corrected chi connectivity index (χ1v) is 11.0. The standard InChI is InChI=1S/C20H28N2S2/c1-3-18-13-23-20(24-14-18,15-22-12-11-21-16-22)10-4-5-19-8-6-17(2)7-9-19/h6-9,11-12,16,18H,3-5,10,13-15H2,1-2H3. The zero-order chi connectivity index (χ0) is 16.8. The quantitative estimate of drug-likeness (QED) is 0.657. The van der Waals surface area contributed by atoms with E-state index in [2.05, 4.69) is 77.4 Å². The number of benzene rings is 1. The van der Waals surface area contributed by atoms with Crippen molar-refractivity contribution in [2.45, 2.75) is 50.2 Å². The molecule has 2 heterocycles. The van der Waals surface area contributed by atoms with Crippen LogP contribution in [-0.2, 0) is 13.0 Å². The van der Waals surface area contributed by atoms with E-state index in [0.717, 1.165) is 12.5 Å². The van der Waals surface area contributed by atoms with Crippen LogP contribution in [0.15, 0.2) is 43.0 Å². The third kappa shape index (κ3) is 4.82. The van der Waals surface area contributed by atoms with Gasteiger partial charge in [-0.25, -0.2) is 4.98 Å². The Morgan fingerprint density at radius 2 is 1.96 bits per heavy atom. The van der Waals surface area contributed by atoms with E-state index in [1.165, 1.54) is 48.3 Å². The molecule has 1 saturated heterocycles. The lowest BCUT2D eigenvalue weighted by Gasteiger charge is -2.39. The van der Waals surface area contributed by atoms with Crippen molar-refractivity contribution in [2.75, 3.05) is 11.5 Å². The van der Waals surface area contributed by atoms with Gasteiger partial charge in [0.2, 0.25) is 0 Å². The average Bonchev–Trinajstić information content (AvgIpc) is 3.10. The highest BCUT2D eigenvalue weighted by Crippen LogP contribution is 2.49. The van der Waals surface area contributed by atoms with E-state index in [0.29, 0.717) is 4.08 Å². The largest absolute Gasteiger partial charge is 0.335 e. The Bertz CT molecular complexity index is 599. The molecule has 3 rings (SSSR count). The van der Waals surface area contributed by atoms with Gasteiger partial charge in [0, 0.05) is 18.9 Å². The van der Waals surface area contributed by atoms with E-state index in [4.69, 9.17) is 0 Å². The van der Waals surface area contributed by atoms with E-state index in [9.17, 15) is 0 Å². The van der Waals surface area contributed by atoms with Crippen molar-refractivity contribution in [1.29, 1.82) is 0 Å². The third-order valence-electron chi connectivity index (χ3n) is 4.87. The van der Waals surface area contributed by atoms with Crippen LogP contribution in [0.2, 0.25) is 0 Å². The molecule has 4 heteroatoms. The van der Waals surface area contributed by atoms with Crippen LogP contribution in [0.1, 0.15) is 37.3 Å². The molecule has 0 radical (unpaired) electrons. The molecule has 0 N–H and O–H groups in total. The topological polar surface area (TPSA) is 17.8 Å². The van der Waals surface area contributed by atoms with Gasteiger partial charge in [-0.3, -0.25) is 0 Å². The third-order valence-corrected chi connectivity index (χ3v) is 8.57. The minimum atomic E-state index is 0.317. The Morgan fingerprint density at radius 3 is 2.58 bits per heavy atom. The van der Waals surface area contributed by atoms with Gasteiger partial charge < -0.3 is 4.57 Å². The van der Waals surface area contributed by atoms with Crippen molar-refractivity contribution < 1.29 is 0 Å². The smallest absolute Gasteiger partial charge is 0.0946 e. The molecule has 2 aromatic rings.